The van der Waals surface area contributed by atoms with Crippen molar-refractivity contribution in [1.82, 2.24) is 9.62 Å². The first-order chi connectivity index (χ1) is 9.98. The van der Waals surface area contributed by atoms with Crippen LogP contribution in [0.25, 0.3) is 0 Å². The maximum atomic E-state index is 12.5. The zero-order valence-electron chi connectivity index (χ0n) is 11.7. The zero-order valence-corrected chi connectivity index (χ0v) is 12.6. The van der Waals surface area contributed by atoms with Gasteiger partial charge in [0, 0.05) is 31.6 Å². The minimum absolute atomic E-state index is 0.0629. The van der Waals surface area contributed by atoms with Gasteiger partial charge in [-0.25, -0.2) is 8.42 Å². The number of piperidine rings is 1. The number of hydrogen-bond acceptors (Lipinski definition) is 4. The zero-order chi connectivity index (χ0) is 15.5. The Kier molecular flexibility index (Phi) is 4.60. The van der Waals surface area contributed by atoms with Crippen LogP contribution in [-0.2, 0) is 10.0 Å². The molecule has 1 N–H and O–H groups in total. The lowest BCUT2D eigenvalue weighted by molar-refractivity contribution is 0.0963. The number of nitriles is 1. The molecular weight excluding hydrogens is 290 g/mol. The molecular formula is C14H17N3O3S. The van der Waals surface area contributed by atoms with Crippen molar-refractivity contribution in [2.45, 2.75) is 17.7 Å². The summed E-state index contributed by atoms with van der Waals surface area (Å²) in [5.41, 5.74) is 0.416. The molecule has 1 aromatic carbocycles. The first-order valence-corrected chi connectivity index (χ1v) is 8.15. The Bertz CT molecular complexity index is 654. The Morgan fingerprint density at radius 1 is 1.29 bits per heavy atom. The van der Waals surface area contributed by atoms with Crippen LogP contribution in [0.15, 0.2) is 29.2 Å². The highest BCUT2D eigenvalue weighted by Gasteiger charge is 2.29. The Morgan fingerprint density at radius 2 is 1.86 bits per heavy atom. The van der Waals surface area contributed by atoms with E-state index in [0.29, 0.717) is 31.5 Å². The van der Waals surface area contributed by atoms with Gasteiger partial charge in [-0.1, -0.05) is 0 Å². The average Bonchev–Trinajstić information content (AvgIpc) is 2.54. The number of sulfonamides is 1. The lowest BCUT2D eigenvalue weighted by atomic mass is 10.0. The summed E-state index contributed by atoms with van der Waals surface area (Å²) < 4.78 is 26.3. The minimum Gasteiger partial charge on any atom is -0.355 e. The van der Waals surface area contributed by atoms with Crippen molar-refractivity contribution in [2.75, 3.05) is 20.1 Å². The molecule has 0 saturated carbocycles. The molecule has 7 heteroatoms. The molecule has 0 atom stereocenters. The molecule has 21 heavy (non-hydrogen) atoms. The highest BCUT2D eigenvalue weighted by molar-refractivity contribution is 7.89. The second kappa shape index (κ2) is 6.24. The van der Waals surface area contributed by atoms with Crippen LogP contribution in [0, 0.1) is 17.2 Å². The Morgan fingerprint density at radius 3 is 2.33 bits per heavy atom. The van der Waals surface area contributed by atoms with Crippen LogP contribution in [0.4, 0.5) is 0 Å². The van der Waals surface area contributed by atoms with E-state index < -0.39 is 10.0 Å². The van der Waals surface area contributed by atoms with Gasteiger partial charge in [0.25, 0.3) is 5.91 Å². The van der Waals surface area contributed by atoms with Gasteiger partial charge in [0.05, 0.1) is 11.0 Å². The number of nitrogens with zero attached hydrogens (tertiary/aromatic N) is 2. The number of hydrogen-bond donors (Lipinski definition) is 1. The molecule has 1 amide bonds. The average molecular weight is 307 g/mol. The Labute approximate surface area is 124 Å². The molecule has 1 aliphatic rings. The summed E-state index contributed by atoms with van der Waals surface area (Å²) in [5, 5.41) is 11.3. The Hall–Kier alpha value is -1.91. The van der Waals surface area contributed by atoms with Crippen molar-refractivity contribution in [3.05, 3.63) is 29.8 Å². The highest BCUT2D eigenvalue weighted by Crippen LogP contribution is 2.23. The van der Waals surface area contributed by atoms with Crippen LogP contribution >= 0.6 is 0 Å². The largest absolute Gasteiger partial charge is 0.355 e. The molecule has 0 bridgehead atoms. The van der Waals surface area contributed by atoms with E-state index in [1.54, 1.807) is 0 Å². The molecule has 0 unspecified atom stereocenters. The molecule has 112 valence electrons. The maximum Gasteiger partial charge on any atom is 0.251 e. The van der Waals surface area contributed by atoms with E-state index >= 15 is 0 Å². The summed E-state index contributed by atoms with van der Waals surface area (Å²) in [4.78, 5) is 11.6. The predicted molar refractivity (Wildman–Crippen MR) is 76.9 cm³/mol. The van der Waals surface area contributed by atoms with Gasteiger partial charge >= 0.3 is 0 Å². The molecule has 1 aliphatic heterocycles. The first kappa shape index (κ1) is 15.5. The van der Waals surface area contributed by atoms with Crippen molar-refractivity contribution < 1.29 is 13.2 Å². The standard InChI is InChI=1S/C14H17N3O3S/c1-16-14(18)12-2-4-13(5-3-12)21(19,20)17-8-6-11(10-15)7-9-17/h2-5,11H,6-9H2,1H3,(H,16,18). The SMILES string of the molecule is CNC(=O)c1ccc(S(=O)(=O)N2CCC(C#N)CC2)cc1. The van der Waals surface area contributed by atoms with Crippen LogP contribution in [0.2, 0.25) is 0 Å². The van der Waals surface area contributed by atoms with Gasteiger partial charge in [0.15, 0.2) is 0 Å². The van der Waals surface area contributed by atoms with Crippen molar-refractivity contribution in [1.29, 1.82) is 5.26 Å². The number of rotatable bonds is 3. The van der Waals surface area contributed by atoms with Crippen molar-refractivity contribution in [3.63, 3.8) is 0 Å². The summed E-state index contributed by atoms with van der Waals surface area (Å²) in [6.45, 7) is 0.718. The smallest absolute Gasteiger partial charge is 0.251 e. The molecule has 0 aliphatic carbocycles. The third-order valence-electron chi connectivity index (χ3n) is 3.62. The summed E-state index contributed by atoms with van der Waals surface area (Å²) in [6, 6.07) is 8.05. The van der Waals surface area contributed by atoms with Crippen LogP contribution < -0.4 is 5.32 Å². The topological polar surface area (TPSA) is 90.3 Å². The Balaban J connectivity index is 2.17. The number of carbonyl (C=O) groups excluding carboxylic acids is 1. The summed E-state index contributed by atoms with van der Waals surface area (Å²) >= 11 is 0. The molecule has 1 saturated heterocycles. The van der Waals surface area contributed by atoms with Gasteiger partial charge in [0.2, 0.25) is 10.0 Å². The van der Waals surface area contributed by atoms with E-state index in [1.807, 2.05) is 0 Å². The van der Waals surface area contributed by atoms with Gasteiger partial charge < -0.3 is 5.32 Å². The van der Waals surface area contributed by atoms with Gasteiger partial charge in [-0.15, -0.1) is 0 Å². The van der Waals surface area contributed by atoms with Crippen molar-refractivity contribution in [3.8, 4) is 6.07 Å². The van der Waals surface area contributed by atoms with Gasteiger partial charge in [0.1, 0.15) is 0 Å². The van der Waals surface area contributed by atoms with E-state index in [-0.39, 0.29) is 16.7 Å². The maximum absolute atomic E-state index is 12.5. The molecule has 2 rings (SSSR count). The molecule has 1 aromatic rings. The minimum atomic E-state index is -3.55. The van der Waals surface area contributed by atoms with Crippen LogP contribution in [-0.4, -0.2) is 38.8 Å². The first-order valence-electron chi connectivity index (χ1n) is 6.71. The molecule has 0 radical (unpaired) electrons. The van der Waals surface area contributed by atoms with Crippen molar-refractivity contribution >= 4 is 15.9 Å². The summed E-state index contributed by atoms with van der Waals surface area (Å²) in [6.07, 6.45) is 1.12. The van der Waals surface area contributed by atoms with E-state index in [9.17, 15) is 13.2 Å². The van der Waals surface area contributed by atoms with Crippen LogP contribution in [0.3, 0.4) is 0 Å². The second-order valence-electron chi connectivity index (χ2n) is 4.91. The molecule has 6 nitrogen and oxygen atoms in total. The molecule has 0 spiro atoms. The normalized spacial score (nSPS) is 17.1. The van der Waals surface area contributed by atoms with Crippen molar-refractivity contribution in [2.24, 2.45) is 5.92 Å². The van der Waals surface area contributed by atoms with E-state index in [0.717, 1.165) is 0 Å². The fourth-order valence-corrected chi connectivity index (χ4v) is 3.77. The summed E-state index contributed by atoms with van der Waals surface area (Å²) in [7, 11) is -2.03. The monoisotopic (exact) mass is 307 g/mol. The molecule has 0 aromatic heterocycles. The molecule has 1 fully saturated rings. The quantitative estimate of drug-likeness (QED) is 0.901. The summed E-state index contributed by atoms with van der Waals surface area (Å²) in [5.74, 6) is -0.319. The van der Waals surface area contributed by atoms with E-state index in [2.05, 4.69) is 11.4 Å². The predicted octanol–water partition coefficient (Wildman–Crippen LogP) is 0.970. The van der Waals surface area contributed by atoms with Gasteiger partial charge in [-0.2, -0.15) is 9.57 Å². The highest BCUT2D eigenvalue weighted by atomic mass is 32.2. The van der Waals surface area contributed by atoms with Gasteiger partial charge in [-0.05, 0) is 37.1 Å². The van der Waals surface area contributed by atoms with Crippen LogP contribution in [0.1, 0.15) is 23.2 Å². The second-order valence-corrected chi connectivity index (χ2v) is 6.85. The van der Waals surface area contributed by atoms with Crippen LogP contribution in [0.5, 0.6) is 0 Å². The lowest BCUT2D eigenvalue weighted by Crippen LogP contribution is -2.38. The van der Waals surface area contributed by atoms with E-state index in [4.69, 9.17) is 5.26 Å². The number of benzene rings is 1. The fourth-order valence-electron chi connectivity index (χ4n) is 2.30. The number of nitrogens with one attached hydrogen (secondary N) is 1. The number of carbonyl (C=O) groups is 1. The lowest BCUT2D eigenvalue weighted by Gasteiger charge is -2.28. The third-order valence-corrected chi connectivity index (χ3v) is 5.53. The number of amides is 1. The third kappa shape index (κ3) is 3.23. The van der Waals surface area contributed by atoms with Gasteiger partial charge in [-0.3, -0.25) is 4.79 Å². The van der Waals surface area contributed by atoms with E-state index in [1.165, 1.54) is 35.6 Å². The molecule has 1 heterocycles. The fraction of sp³-hybridized carbons (Fsp3) is 0.429.